The highest BCUT2D eigenvalue weighted by molar-refractivity contribution is 6.07. The van der Waals surface area contributed by atoms with Crippen molar-refractivity contribution in [2.24, 2.45) is 0 Å². The van der Waals surface area contributed by atoms with E-state index in [1.54, 1.807) is 19.5 Å². The summed E-state index contributed by atoms with van der Waals surface area (Å²) in [7, 11) is 1.61. The van der Waals surface area contributed by atoms with Gasteiger partial charge in [-0.25, -0.2) is 4.98 Å². The number of pyridine rings is 2. The van der Waals surface area contributed by atoms with E-state index in [-0.39, 0.29) is 5.91 Å². The number of benzene rings is 1. The van der Waals surface area contributed by atoms with Gasteiger partial charge in [-0.1, -0.05) is 11.6 Å². The first kappa shape index (κ1) is 16.1. The van der Waals surface area contributed by atoms with Gasteiger partial charge in [-0.15, -0.1) is 0 Å². The zero-order valence-corrected chi connectivity index (χ0v) is 13.7. The van der Waals surface area contributed by atoms with Crippen LogP contribution in [0.4, 0.5) is 0 Å². The second-order valence-electron chi connectivity index (χ2n) is 5.57. The topological polar surface area (TPSA) is 64.1 Å². The average Bonchev–Trinajstić information content (AvgIpc) is 2.61. The second-order valence-corrected chi connectivity index (χ2v) is 5.57. The molecule has 2 aromatic heterocycles. The van der Waals surface area contributed by atoms with Crippen molar-refractivity contribution < 1.29 is 9.53 Å². The Kier molecular flexibility index (Phi) is 4.82. The maximum absolute atomic E-state index is 12.6. The maximum atomic E-state index is 12.6. The second kappa shape index (κ2) is 7.19. The third-order valence-corrected chi connectivity index (χ3v) is 3.76. The smallest absolute Gasteiger partial charge is 0.252 e. The van der Waals surface area contributed by atoms with E-state index < -0.39 is 0 Å². The van der Waals surface area contributed by atoms with Crippen molar-refractivity contribution in [3.05, 3.63) is 59.9 Å². The summed E-state index contributed by atoms with van der Waals surface area (Å²) in [6.45, 7) is 2.94. The van der Waals surface area contributed by atoms with Crippen LogP contribution in [-0.4, -0.2) is 36.1 Å². The monoisotopic (exact) mass is 321 g/mol. The summed E-state index contributed by atoms with van der Waals surface area (Å²) < 4.78 is 4.99. The van der Waals surface area contributed by atoms with E-state index in [2.05, 4.69) is 15.3 Å². The van der Waals surface area contributed by atoms with Crippen molar-refractivity contribution in [1.82, 2.24) is 15.3 Å². The lowest BCUT2D eigenvalue weighted by Gasteiger charge is -2.11. The van der Waals surface area contributed by atoms with Crippen LogP contribution in [0.15, 0.2) is 48.8 Å². The third kappa shape index (κ3) is 3.41. The number of carbonyl (C=O) groups excluding carboxylic acids is 1. The number of nitrogens with zero attached hydrogens (tertiary/aromatic N) is 2. The number of fused-ring (bicyclic) bond motifs is 1. The predicted molar refractivity (Wildman–Crippen MR) is 93.9 cm³/mol. The van der Waals surface area contributed by atoms with Crippen molar-refractivity contribution in [1.29, 1.82) is 0 Å². The summed E-state index contributed by atoms with van der Waals surface area (Å²) in [6, 6.07) is 11.5. The summed E-state index contributed by atoms with van der Waals surface area (Å²) >= 11 is 0. The van der Waals surface area contributed by atoms with Gasteiger partial charge in [-0.05, 0) is 37.3 Å². The zero-order valence-electron chi connectivity index (χ0n) is 13.7. The molecule has 1 N–H and O–H groups in total. The number of ether oxygens (including phenoxy) is 1. The van der Waals surface area contributed by atoms with Gasteiger partial charge in [0.05, 0.1) is 23.4 Å². The summed E-state index contributed by atoms with van der Waals surface area (Å²) in [5.41, 5.74) is 4.10. The van der Waals surface area contributed by atoms with Gasteiger partial charge in [0.1, 0.15) is 0 Å². The van der Waals surface area contributed by atoms with Crippen LogP contribution in [0.2, 0.25) is 0 Å². The molecule has 1 aromatic carbocycles. The Bertz CT molecular complexity index is 863. The van der Waals surface area contributed by atoms with Gasteiger partial charge in [0.25, 0.3) is 5.91 Å². The lowest BCUT2D eigenvalue weighted by atomic mass is 10.0. The first-order valence-electron chi connectivity index (χ1n) is 7.78. The predicted octanol–water partition coefficient (Wildman–Crippen LogP) is 2.98. The average molecular weight is 321 g/mol. The Balaban J connectivity index is 2.10. The molecule has 1 amide bonds. The lowest BCUT2D eigenvalue weighted by molar-refractivity contribution is 0.0938. The highest BCUT2D eigenvalue weighted by atomic mass is 16.5. The van der Waals surface area contributed by atoms with E-state index in [1.807, 2.05) is 43.3 Å². The zero-order chi connectivity index (χ0) is 16.9. The molecular formula is C19H19N3O2. The maximum Gasteiger partial charge on any atom is 0.252 e. The Hall–Kier alpha value is -2.79. The molecule has 5 nitrogen and oxygen atoms in total. The molecule has 0 radical (unpaired) electrons. The molecule has 2 heterocycles. The molecule has 0 aliphatic heterocycles. The fourth-order valence-electron chi connectivity index (χ4n) is 2.55. The minimum Gasteiger partial charge on any atom is -0.383 e. The highest BCUT2D eigenvalue weighted by Gasteiger charge is 2.14. The van der Waals surface area contributed by atoms with E-state index in [0.717, 1.165) is 27.7 Å². The molecule has 0 saturated heterocycles. The van der Waals surface area contributed by atoms with E-state index in [0.29, 0.717) is 18.7 Å². The Labute approximate surface area is 140 Å². The number of methoxy groups -OCH3 is 1. The molecule has 3 rings (SSSR count). The van der Waals surface area contributed by atoms with E-state index >= 15 is 0 Å². The number of nitrogens with one attached hydrogen (secondary N) is 1. The summed E-state index contributed by atoms with van der Waals surface area (Å²) in [5.74, 6) is -0.129. The Morgan fingerprint density at radius 2 is 2.12 bits per heavy atom. The number of aromatic nitrogens is 2. The van der Waals surface area contributed by atoms with Crippen molar-refractivity contribution in [2.45, 2.75) is 6.92 Å². The number of aryl methyl sites for hydroxylation is 1. The molecule has 0 fully saturated rings. The Morgan fingerprint density at radius 1 is 1.25 bits per heavy atom. The summed E-state index contributed by atoms with van der Waals surface area (Å²) in [5, 5.41) is 3.73. The minimum atomic E-state index is -0.129. The van der Waals surface area contributed by atoms with Crippen molar-refractivity contribution in [3.63, 3.8) is 0 Å². The van der Waals surface area contributed by atoms with Crippen LogP contribution >= 0.6 is 0 Å². The van der Waals surface area contributed by atoms with Crippen LogP contribution in [0.3, 0.4) is 0 Å². The van der Waals surface area contributed by atoms with Gasteiger partial charge in [0, 0.05) is 37.0 Å². The first-order valence-corrected chi connectivity index (χ1v) is 7.78. The van der Waals surface area contributed by atoms with Crippen molar-refractivity contribution >= 4 is 16.8 Å². The molecule has 0 unspecified atom stereocenters. The fourth-order valence-corrected chi connectivity index (χ4v) is 2.55. The highest BCUT2D eigenvalue weighted by Crippen LogP contribution is 2.25. The molecule has 0 aliphatic rings. The number of hydrogen-bond acceptors (Lipinski definition) is 4. The molecule has 122 valence electrons. The summed E-state index contributed by atoms with van der Waals surface area (Å²) in [4.78, 5) is 21.4. The minimum absolute atomic E-state index is 0.129. The van der Waals surface area contributed by atoms with Crippen molar-refractivity contribution in [3.8, 4) is 11.3 Å². The molecule has 5 heteroatoms. The van der Waals surface area contributed by atoms with Crippen molar-refractivity contribution in [2.75, 3.05) is 20.3 Å². The third-order valence-electron chi connectivity index (χ3n) is 3.76. The number of carbonyl (C=O) groups is 1. The lowest BCUT2D eigenvalue weighted by Crippen LogP contribution is -2.27. The van der Waals surface area contributed by atoms with Gasteiger partial charge in [0.15, 0.2) is 0 Å². The van der Waals surface area contributed by atoms with Gasteiger partial charge < -0.3 is 10.1 Å². The van der Waals surface area contributed by atoms with E-state index in [9.17, 15) is 4.79 Å². The van der Waals surface area contributed by atoms with Gasteiger partial charge in [-0.3, -0.25) is 9.78 Å². The largest absolute Gasteiger partial charge is 0.383 e. The van der Waals surface area contributed by atoms with Crippen LogP contribution in [0, 0.1) is 6.92 Å². The molecule has 0 spiro atoms. The quantitative estimate of drug-likeness (QED) is 0.734. The Morgan fingerprint density at radius 3 is 2.88 bits per heavy atom. The number of amides is 1. The first-order chi connectivity index (χ1) is 11.7. The van der Waals surface area contributed by atoms with Crippen LogP contribution in [0.1, 0.15) is 15.9 Å². The van der Waals surface area contributed by atoms with Crippen LogP contribution < -0.4 is 5.32 Å². The summed E-state index contributed by atoms with van der Waals surface area (Å²) in [6.07, 6.45) is 3.46. The number of rotatable bonds is 5. The van der Waals surface area contributed by atoms with Crippen LogP contribution in [0.5, 0.6) is 0 Å². The van der Waals surface area contributed by atoms with Gasteiger partial charge >= 0.3 is 0 Å². The van der Waals surface area contributed by atoms with Gasteiger partial charge in [0.2, 0.25) is 0 Å². The molecule has 0 aliphatic carbocycles. The molecule has 24 heavy (non-hydrogen) atoms. The van der Waals surface area contributed by atoms with E-state index in [4.69, 9.17) is 4.74 Å². The number of hydrogen-bond donors (Lipinski definition) is 1. The molecule has 0 atom stereocenters. The van der Waals surface area contributed by atoms with Gasteiger partial charge in [-0.2, -0.15) is 0 Å². The molecule has 0 bridgehead atoms. The normalized spacial score (nSPS) is 10.8. The molecular weight excluding hydrogens is 302 g/mol. The van der Waals surface area contributed by atoms with Crippen LogP contribution in [-0.2, 0) is 4.74 Å². The fraction of sp³-hybridized carbons (Fsp3) is 0.211. The molecule has 3 aromatic rings. The molecule has 0 saturated carbocycles. The standard InChI is InChI=1S/C19H19N3O2/c1-13-5-6-17-15(10-13)16(19(23)21-8-9-24-2)11-18(22-17)14-4-3-7-20-12-14/h3-7,10-12H,8-9H2,1-2H3,(H,21,23). The van der Waals surface area contributed by atoms with E-state index in [1.165, 1.54) is 0 Å². The SMILES string of the molecule is COCCNC(=O)c1cc(-c2cccnc2)nc2ccc(C)cc12. The van der Waals surface area contributed by atoms with Crippen LogP contribution in [0.25, 0.3) is 22.2 Å².